The van der Waals surface area contributed by atoms with Gasteiger partial charge in [0.25, 0.3) is 10.0 Å². The monoisotopic (exact) mass is 404 g/mol. The second-order valence-corrected chi connectivity index (χ2v) is 10.1. The van der Waals surface area contributed by atoms with Crippen LogP contribution < -0.4 is 4.90 Å². The quantitative estimate of drug-likeness (QED) is 0.796. The molecule has 2 aromatic rings. The van der Waals surface area contributed by atoms with Crippen molar-refractivity contribution in [2.75, 3.05) is 31.1 Å². The molecule has 0 spiro atoms. The van der Waals surface area contributed by atoms with Gasteiger partial charge in [-0.3, -0.25) is 0 Å². The summed E-state index contributed by atoms with van der Waals surface area (Å²) in [6.45, 7) is 7.36. The number of piperazine rings is 1. The second-order valence-electron chi connectivity index (χ2n) is 6.99. The van der Waals surface area contributed by atoms with Crippen LogP contribution >= 0.6 is 11.3 Å². The first kappa shape index (κ1) is 19.9. The Morgan fingerprint density at radius 3 is 2.41 bits per heavy atom. The number of nitrogens with zero attached hydrogens (tertiary/aromatic N) is 2. The van der Waals surface area contributed by atoms with E-state index >= 15 is 0 Å². The Morgan fingerprint density at radius 1 is 1.15 bits per heavy atom. The van der Waals surface area contributed by atoms with E-state index in [1.54, 1.807) is 42.6 Å². The van der Waals surface area contributed by atoms with Gasteiger partial charge in [-0.15, -0.1) is 17.3 Å². The number of hydrogen-bond acceptors (Lipinski definition) is 5. The molecule has 0 amide bonds. The van der Waals surface area contributed by atoms with Crippen LogP contribution in [-0.2, 0) is 15.6 Å². The number of sulfonamides is 1. The minimum atomic E-state index is -3.41. The van der Waals surface area contributed by atoms with Crippen LogP contribution in [0.5, 0.6) is 0 Å². The van der Waals surface area contributed by atoms with E-state index in [9.17, 15) is 13.5 Å². The summed E-state index contributed by atoms with van der Waals surface area (Å²) in [5.41, 5.74) is 1.70. The Bertz CT molecular complexity index is 957. The highest BCUT2D eigenvalue weighted by molar-refractivity contribution is 7.91. The lowest BCUT2D eigenvalue weighted by atomic mass is 9.95. The van der Waals surface area contributed by atoms with E-state index in [1.807, 2.05) is 18.2 Å². The van der Waals surface area contributed by atoms with E-state index < -0.39 is 15.6 Å². The molecule has 1 aromatic heterocycles. The van der Waals surface area contributed by atoms with E-state index in [0.29, 0.717) is 30.4 Å². The lowest BCUT2D eigenvalue weighted by Gasteiger charge is -2.36. The van der Waals surface area contributed by atoms with E-state index in [2.05, 4.69) is 16.7 Å². The molecule has 2 heterocycles. The summed E-state index contributed by atoms with van der Waals surface area (Å²) in [4.78, 5) is 2.16. The molecule has 0 unspecified atom stereocenters. The molecule has 3 rings (SSSR count). The van der Waals surface area contributed by atoms with Crippen molar-refractivity contribution in [3.05, 3.63) is 46.8 Å². The van der Waals surface area contributed by atoms with E-state index in [-0.39, 0.29) is 0 Å². The van der Waals surface area contributed by atoms with Crippen molar-refractivity contribution < 1.29 is 13.5 Å². The summed E-state index contributed by atoms with van der Waals surface area (Å²) in [6, 6.07) is 9.20. The van der Waals surface area contributed by atoms with Gasteiger partial charge in [-0.05, 0) is 49.9 Å². The third-order valence-corrected chi connectivity index (χ3v) is 7.90. The average molecular weight is 405 g/mol. The van der Waals surface area contributed by atoms with Crippen LogP contribution in [0.4, 0.5) is 5.69 Å². The number of anilines is 1. The summed E-state index contributed by atoms with van der Waals surface area (Å²) in [5.74, 6) is 6.05. The number of thiophene rings is 1. The molecule has 0 aliphatic carbocycles. The zero-order valence-electron chi connectivity index (χ0n) is 15.8. The highest BCUT2D eigenvalue weighted by atomic mass is 32.2. The number of rotatable bonds is 4. The van der Waals surface area contributed by atoms with Gasteiger partial charge in [0.05, 0.1) is 11.3 Å². The molecule has 0 saturated carbocycles. The summed E-state index contributed by atoms with van der Waals surface area (Å²) < 4.78 is 27.3. The number of aliphatic hydroxyl groups is 1. The van der Waals surface area contributed by atoms with Gasteiger partial charge >= 0.3 is 0 Å². The zero-order valence-corrected chi connectivity index (χ0v) is 17.4. The van der Waals surface area contributed by atoms with Crippen molar-refractivity contribution in [2.24, 2.45) is 0 Å². The summed E-state index contributed by atoms with van der Waals surface area (Å²) in [5, 5.41) is 12.0. The molecule has 144 valence electrons. The molecule has 1 fully saturated rings. The minimum Gasteiger partial charge on any atom is -0.386 e. The Labute approximate surface area is 165 Å². The van der Waals surface area contributed by atoms with Gasteiger partial charge in [0.2, 0.25) is 0 Å². The fourth-order valence-electron chi connectivity index (χ4n) is 3.13. The SMILES string of the molecule is CC#Cc1cc(C(C)(C)O)ccc1N1CCN(S(=O)(=O)c2cccs2)CC1. The van der Waals surface area contributed by atoms with E-state index in [1.165, 1.54) is 11.3 Å². The van der Waals surface area contributed by atoms with Crippen LogP contribution in [0.15, 0.2) is 39.9 Å². The summed E-state index contributed by atoms with van der Waals surface area (Å²) in [6.07, 6.45) is 0. The van der Waals surface area contributed by atoms with Crippen LogP contribution in [0, 0.1) is 11.8 Å². The van der Waals surface area contributed by atoms with Crippen LogP contribution in [0.25, 0.3) is 0 Å². The highest BCUT2D eigenvalue weighted by Crippen LogP contribution is 2.29. The smallest absolute Gasteiger partial charge is 0.252 e. The Kier molecular flexibility index (Phi) is 5.63. The van der Waals surface area contributed by atoms with Gasteiger partial charge in [0.15, 0.2) is 0 Å². The molecule has 0 atom stereocenters. The molecule has 0 bridgehead atoms. The Balaban J connectivity index is 1.81. The molecule has 1 aliphatic rings. The van der Waals surface area contributed by atoms with Crippen LogP contribution in [0.1, 0.15) is 31.9 Å². The maximum absolute atomic E-state index is 12.7. The number of hydrogen-bond donors (Lipinski definition) is 1. The van der Waals surface area contributed by atoms with Crippen molar-refractivity contribution >= 4 is 27.0 Å². The molecule has 7 heteroatoms. The fraction of sp³-hybridized carbons (Fsp3) is 0.400. The fourth-order valence-corrected chi connectivity index (χ4v) is 5.70. The predicted molar refractivity (Wildman–Crippen MR) is 110 cm³/mol. The largest absolute Gasteiger partial charge is 0.386 e. The molecule has 1 aliphatic heterocycles. The van der Waals surface area contributed by atoms with Crippen LogP contribution in [0.3, 0.4) is 0 Å². The molecule has 1 aromatic carbocycles. The lowest BCUT2D eigenvalue weighted by Crippen LogP contribution is -2.48. The van der Waals surface area contributed by atoms with Gasteiger partial charge in [-0.25, -0.2) is 8.42 Å². The topological polar surface area (TPSA) is 60.9 Å². The molecule has 27 heavy (non-hydrogen) atoms. The first-order chi connectivity index (χ1) is 12.7. The van der Waals surface area contributed by atoms with Gasteiger partial charge in [0, 0.05) is 31.7 Å². The lowest BCUT2D eigenvalue weighted by molar-refractivity contribution is 0.0786. The van der Waals surface area contributed by atoms with E-state index in [4.69, 9.17) is 0 Å². The van der Waals surface area contributed by atoms with Gasteiger partial charge in [-0.2, -0.15) is 4.31 Å². The van der Waals surface area contributed by atoms with Gasteiger partial charge in [-0.1, -0.05) is 18.1 Å². The third kappa shape index (κ3) is 4.19. The Hall–Kier alpha value is -1.85. The minimum absolute atomic E-state index is 0.392. The third-order valence-electron chi connectivity index (χ3n) is 4.63. The molecular formula is C20H24N2O3S2. The molecule has 5 nitrogen and oxygen atoms in total. The van der Waals surface area contributed by atoms with Gasteiger partial charge in [0.1, 0.15) is 4.21 Å². The second kappa shape index (κ2) is 7.64. The van der Waals surface area contributed by atoms with Crippen molar-refractivity contribution in [1.82, 2.24) is 4.31 Å². The summed E-state index contributed by atoms with van der Waals surface area (Å²) >= 11 is 1.25. The zero-order chi connectivity index (χ0) is 19.7. The molecular weight excluding hydrogens is 380 g/mol. The molecule has 1 N–H and O–H groups in total. The maximum Gasteiger partial charge on any atom is 0.252 e. The van der Waals surface area contributed by atoms with Crippen LogP contribution in [0.2, 0.25) is 0 Å². The van der Waals surface area contributed by atoms with Crippen molar-refractivity contribution in [3.63, 3.8) is 0 Å². The molecule has 1 saturated heterocycles. The highest BCUT2D eigenvalue weighted by Gasteiger charge is 2.30. The average Bonchev–Trinajstić information content (AvgIpc) is 3.17. The maximum atomic E-state index is 12.7. The first-order valence-electron chi connectivity index (χ1n) is 8.82. The van der Waals surface area contributed by atoms with Crippen LogP contribution in [-0.4, -0.2) is 44.0 Å². The first-order valence-corrected chi connectivity index (χ1v) is 11.1. The normalized spacial score (nSPS) is 16.1. The van der Waals surface area contributed by atoms with Crippen molar-refractivity contribution in [1.29, 1.82) is 0 Å². The molecule has 0 radical (unpaired) electrons. The standard InChI is InChI=1S/C20H24N2O3S2/c1-4-6-16-15-17(20(2,3)23)8-9-18(16)21-10-12-22(13-11-21)27(24,25)19-7-5-14-26-19/h5,7-9,14-15,23H,10-13H2,1-3H3. The van der Waals surface area contributed by atoms with E-state index in [0.717, 1.165) is 16.8 Å². The summed E-state index contributed by atoms with van der Waals surface area (Å²) in [7, 11) is -3.41. The van der Waals surface area contributed by atoms with Crippen molar-refractivity contribution in [2.45, 2.75) is 30.6 Å². The van der Waals surface area contributed by atoms with Crippen molar-refractivity contribution in [3.8, 4) is 11.8 Å². The predicted octanol–water partition coefficient (Wildman–Crippen LogP) is 2.86. The number of benzene rings is 1. The van der Waals surface area contributed by atoms with Gasteiger partial charge < -0.3 is 10.0 Å². The Morgan fingerprint density at radius 2 is 1.85 bits per heavy atom.